The van der Waals surface area contributed by atoms with Crippen molar-refractivity contribution in [3.8, 4) is 0 Å². The van der Waals surface area contributed by atoms with Crippen molar-refractivity contribution in [1.29, 1.82) is 0 Å². The second-order valence-electron chi connectivity index (χ2n) is 4.97. The van der Waals surface area contributed by atoms with Gasteiger partial charge in [-0.05, 0) is 40.0 Å². The first kappa shape index (κ1) is 12.1. The zero-order chi connectivity index (χ0) is 11.3. The summed E-state index contributed by atoms with van der Waals surface area (Å²) in [5.41, 5.74) is -0.418. The summed E-state index contributed by atoms with van der Waals surface area (Å²) in [6.45, 7) is 5.61. The van der Waals surface area contributed by atoms with E-state index < -0.39 is 5.60 Å². The van der Waals surface area contributed by atoms with Gasteiger partial charge in [0.1, 0.15) is 5.60 Å². The number of ether oxygens (including phenoxy) is 1. The Bertz CT molecular complexity index is 240. The first-order chi connectivity index (χ1) is 6.97. The van der Waals surface area contributed by atoms with Crippen molar-refractivity contribution in [1.82, 2.24) is 5.32 Å². The summed E-state index contributed by atoms with van der Waals surface area (Å²) in [4.78, 5) is 11.5. The Balaban J connectivity index is 2.36. The van der Waals surface area contributed by atoms with Crippen LogP contribution >= 0.6 is 0 Å². The fourth-order valence-corrected chi connectivity index (χ4v) is 1.56. The Morgan fingerprint density at radius 1 is 1.40 bits per heavy atom. The maximum absolute atomic E-state index is 11.5. The van der Waals surface area contributed by atoms with Crippen molar-refractivity contribution in [3.05, 3.63) is 12.2 Å². The lowest BCUT2D eigenvalue weighted by Crippen LogP contribution is -2.38. The van der Waals surface area contributed by atoms with Crippen LogP contribution in [0.3, 0.4) is 0 Å². The lowest BCUT2D eigenvalue weighted by molar-refractivity contribution is 0.0512. The van der Waals surface area contributed by atoms with Gasteiger partial charge in [0.05, 0.1) is 6.04 Å². The molecule has 15 heavy (non-hydrogen) atoms. The summed E-state index contributed by atoms with van der Waals surface area (Å²) in [6.07, 6.45) is 8.38. The zero-order valence-corrected chi connectivity index (χ0v) is 9.88. The maximum atomic E-state index is 11.5. The van der Waals surface area contributed by atoms with Crippen molar-refractivity contribution < 1.29 is 9.53 Å². The topological polar surface area (TPSA) is 38.3 Å². The Hall–Kier alpha value is -0.990. The number of carbonyl (C=O) groups is 1. The van der Waals surface area contributed by atoms with Gasteiger partial charge in [-0.25, -0.2) is 4.79 Å². The van der Waals surface area contributed by atoms with E-state index in [2.05, 4.69) is 17.5 Å². The van der Waals surface area contributed by atoms with Crippen LogP contribution < -0.4 is 5.32 Å². The van der Waals surface area contributed by atoms with Gasteiger partial charge < -0.3 is 10.1 Å². The van der Waals surface area contributed by atoms with E-state index in [0.29, 0.717) is 0 Å². The molecule has 0 aromatic heterocycles. The van der Waals surface area contributed by atoms with Crippen molar-refractivity contribution in [2.75, 3.05) is 0 Å². The predicted octanol–water partition coefficient (Wildman–Crippen LogP) is 3.01. The molecular formula is C12H21NO2. The highest BCUT2D eigenvalue weighted by molar-refractivity contribution is 5.68. The van der Waals surface area contributed by atoms with Gasteiger partial charge in [0.15, 0.2) is 0 Å². The zero-order valence-electron chi connectivity index (χ0n) is 9.88. The van der Waals surface area contributed by atoms with E-state index in [-0.39, 0.29) is 12.1 Å². The average molecular weight is 211 g/mol. The van der Waals surface area contributed by atoms with E-state index in [4.69, 9.17) is 4.74 Å². The van der Waals surface area contributed by atoms with Crippen molar-refractivity contribution >= 4 is 6.09 Å². The van der Waals surface area contributed by atoms with Crippen molar-refractivity contribution in [3.63, 3.8) is 0 Å². The van der Waals surface area contributed by atoms with Crippen LogP contribution in [0.4, 0.5) is 4.79 Å². The Labute approximate surface area is 91.9 Å². The molecule has 0 spiro atoms. The Morgan fingerprint density at radius 3 is 2.80 bits per heavy atom. The van der Waals surface area contributed by atoms with Crippen LogP contribution in [0, 0.1) is 0 Å². The Morgan fingerprint density at radius 2 is 2.13 bits per heavy atom. The molecule has 0 bridgehead atoms. The smallest absolute Gasteiger partial charge is 0.408 e. The number of alkyl carbamates (subject to hydrolysis) is 1. The molecule has 86 valence electrons. The number of allylic oxidation sites excluding steroid dienone is 1. The van der Waals surface area contributed by atoms with Gasteiger partial charge in [0, 0.05) is 0 Å². The number of carbonyl (C=O) groups excluding carboxylic acids is 1. The highest BCUT2D eigenvalue weighted by Crippen LogP contribution is 2.12. The minimum Gasteiger partial charge on any atom is -0.444 e. The second kappa shape index (κ2) is 5.19. The van der Waals surface area contributed by atoms with Gasteiger partial charge in [-0.15, -0.1) is 0 Å². The number of rotatable bonds is 1. The van der Waals surface area contributed by atoms with Gasteiger partial charge in [0.2, 0.25) is 0 Å². The van der Waals surface area contributed by atoms with E-state index in [1.807, 2.05) is 20.8 Å². The molecule has 1 amide bonds. The molecule has 1 atom stereocenters. The first-order valence-electron chi connectivity index (χ1n) is 5.63. The number of nitrogens with one attached hydrogen (secondary N) is 1. The summed E-state index contributed by atoms with van der Waals surface area (Å²) < 4.78 is 5.20. The van der Waals surface area contributed by atoms with Gasteiger partial charge in [-0.1, -0.05) is 18.6 Å². The van der Waals surface area contributed by atoms with Crippen LogP contribution in [0.25, 0.3) is 0 Å². The summed E-state index contributed by atoms with van der Waals surface area (Å²) in [5, 5.41) is 2.87. The van der Waals surface area contributed by atoms with Crippen molar-refractivity contribution in [2.45, 2.75) is 58.1 Å². The second-order valence-corrected chi connectivity index (χ2v) is 4.97. The molecular weight excluding hydrogens is 190 g/mol. The first-order valence-corrected chi connectivity index (χ1v) is 5.63. The Kier molecular flexibility index (Phi) is 4.18. The molecule has 1 N–H and O–H groups in total. The molecule has 0 saturated heterocycles. The molecule has 0 aliphatic heterocycles. The van der Waals surface area contributed by atoms with Gasteiger partial charge in [0.25, 0.3) is 0 Å². The third-order valence-electron chi connectivity index (χ3n) is 2.21. The summed E-state index contributed by atoms with van der Waals surface area (Å²) in [6, 6.07) is 0.141. The highest BCUT2D eigenvalue weighted by Gasteiger charge is 2.18. The van der Waals surface area contributed by atoms with Crippen LogP contribution in [-0.2, 0) is 4.74 Å². The molecule has 0 saturated carbocycles. The summed E-state index contributed by atoms with van der Waals surface area (Å²) in [5.74, 6) is 0. The molecule has 3 heteroatoms. The third-order valence-corrected chi connectivity index (χ3v) is 2.21. The monoisotopic (exact) mass is 211 g/mol. The van der Waals surface area contributed by atoms with Gasteiger partial charge in [-0.3, -0.25) is 0 Å². The van der Waals surface area contributed by atoms with Crippen LogP contribution in [0.1, 0.15) is 46.5 Å². The average Bonchev–Trinajstić information content (AvgIpc) is 2.28. The predicted molar refractivity (Wildman–Crippen MR) is 60.8 cm³/mol. The van der Waals surface area contributed by atoms with Crippen LogP contribution in [0.15, 0.2) is 12.2 Å². The van der Waals surface area contributed by atoms with Crippen LogP contribution in [0.5, 0.6) is 0 Å². The summed E-state index contributed by atoms with van der Waals surface area (Å²) in [7, 11) is 0. The van der Waals surface area contributed by atoms with Crippen LogP contribution in [0.2, 0.25) is 0 Å². The molecule has 1 aliphatic rings. The molecule has 0 aromatic carbocycles. The molecule has 1 aliphatic carbocycles. The minimum atomic E-state index is -0.418. The molecule has 1 rings (SSSR count). The van der Waals surface area contributed by atoms with Crippen molar-refractivity contribution in [2.24, 2.45) is 0 Å². The van der Waals surface area contributed by atoms with E-state index in [1.54, 1.807) is 0 Å². The summed E-state index contributed by atoms with van der Waals surface area (Å²) >= 11 is 0. The molecule has 0 radical (unpaired) electrons. The third kappa shape index (κ3) is 5.45. The molecule has 0 aromatic rings. The molecule has 1 unspecified atom stereocenters. The van der Waals surface area contributed by atoms with Crippen LogP contribution in [-0.4, -0.2) is 17.7 Å². The van der Waals surface area contributed by atoms with Gasteiger partial charge in [-0.2, -0.15) is 0 Å². The van der Waals surface area contributed by atoms with E-state index >= 15 is 0 Å². The quantitative estimate of drug-likeness (QED) is 0.677. The minimum absolute atomic E-state index is 0.141. The van der Waals surface area contributed by atoms with E-state index in [1.165, 1.54) is 6.42 Å². The fourth-order valence-electron chi connectivity index (χ4n) is 1.56. The number of hydrogen-bond acceptors (Lipinski definition) is 2. The van der Waals surface area contributed by atoms with E-state index in [9.17, 15) is 4.79 Å². The maximum Gasteiger partial charge on any atom is 0.408 e. The van der Waals surface area contributed by atoms with E-state index in [0.717, 1.165) is 19.3 Å². The highest BCUT2D eigenvalue weighted by atomic mass is 16.6. The van der Waals surface area contributed by atoms with Gasteiger partial charge >= 0.3 is 6.09 Å². The standard InChI is InChI=1S/C12H21NO2/c1-12(2,3)15-11(14)13-10-8-6-4-5-7-9-10/h6,8,10H,4-5,7,9H2,1-3H3,(H,13,14). The SMILES string of the molecule is CC(C)(C)OC(=O)NC1C=CCCCC1. The molecule has 0 fully saturated rings. The lowest BCUT2D eigenvalue weighted by atomic mass is 10.1. The fraction of sp³-hybridized carbons (Fsp3) is 0.750. The molecule has 3 nitrogen and oxygen atoms in total. The molecule has 0 heterocycles. The largest absolute Gasteiger partial charge is 0.444 e. The number of amides is 1. The number of hydrogen-bond donors (Lipinski definition) is 1. The lowest BCUT2D eigenvalue weighted by Gasteiger charge is -2.21. The normalized spacial score (nSPS) is 21.9.